The molecule has 0 amide bonds. The molecule has 0 aliphatic rings. The van der Waals surface area contributed by atoms with E-state index in [1.54, 1.807) is 0 Å². The molecule has 0 radical (unpaired) electrons. The Bertz CT molecular complexity index is 420. The minimum atomic E-state index is -4.71. The number of unbranched alkanes of at least 4 members (excludes halogenated alkanes) is 5. The smallest absolute Gasteiger partial charge is 0.462 e. The number of carbonyl (C=O) groups excluding carboxylic acids is 2. The van der Waals surface area contributed by atoms with Crippen LogP contribution >= 0.6 is 7.82 Å². The summed E-state index contributed by atoms with van der Waals surface area (Å²) in [5.41, 5.74) is 0. The topological polar surface area (TPSA) is 119 Å². The van der Waals surface area contributed by atoms with Gasteiger partial charge in [-0.3, -0.25) is 14.1 Å². The normalized spacial score (nSPS) is 12.6. The van der Waals surface area contributed by atoms with Crippen molar-refractivity contribution in [2.45, 2.75) is 63.9 Å². The van der Waals surface area contributed by atoms with Crippen molar-refractivity contribution in [3.8, 4) is 0 Å². The quantitative estimate of drug-likeness (QED) is 0.193. The van der Waals surface area contributed by atoms with E-state index in [1.807, 2.05) is 0 Å². The Labute approximate surface area is 149 Å². The van der Waals surface area contributed by atoms with E-state index in [-0.39, 0.29) is 19.4 Å². The number of rotatable bonds is 15. The summed E-state index contributed by atoms with van der Waals surface area (Å²) in [4.78, 5) is 40.8. The van der Waals surface area contributed by atoms with Gasteiger partial charge in [-0.25, -0.2) is 4.57 Å². The van der Waals surface area contributed by atoms with Crippen LogP contribution in [0.25, 0.3) is 0 Å². The zero-order valence-electron chi connectivity index (χ0n) is 14.6. The summed E-state index contributed by atoms with van der Waals surface area (Å²) in [6.07, 6.45) is 4.63. The van der Waals surface area contributed by atoms with E-state index in [9.17, 15) is 14.2 Å². The molecule has 0 unspecified atom stereocenters. The molecular weight excluding hydrogens is 351 g/mol. The Kier molecular flexibility index (Phi) is 13.7. The molecule has 0 aliphatic carbocycles. The molecule has 25 heavy (non-hydrogen) atoms. The van der Waals surface area contributed by atoms with Gasteiger partial charge < -0.3 is 33.1 Å². The third kappa shape index (κ3) is 16.3. The van der Waals surface area contributed by atoms with E-state index >= 15 is 0 Å². The average Bonchev–Trinajstić information content (AvgIpc) is 2.53. The van der Waals surface area contributed by atoms with E-state index in [1.165, 1.54) is 0 Å². The van der Waals surface area contributed by atoms with Crippen molar-refractivity contribution in [1.82, 2.24) is 0 Å². The Morgan fingerprint density at radius 3 is 2.04 bits per heavy atom. The lowest BCUT2D eigenvalue weighted by atomic mass is 10.1. The maximum absolute atomic E-state index is 11.8. The number of hydrogen-bond donors (Lipinski definition) is 2. The van der Waals surface area contributed by atoms with Gasteiger partial charge in [0.2, 0.25) is 0 Å². The van der Waals surface area contributed by atoms with Gasteiger partial charge in [-0.15, -0.1) is 0 Å². The first kappa shape index (κ1) is 24.1. The number of phosphoric ester groups is 1. The highest BCUT2D eigenvalue weighted by atomic mass is 31.2. The predicted octanol–water partition coefficient (Wildman–Crippen LogP) is 2.73. The van der Waals surface area contributed by atoms with Crippen LogP contribution in [0.15, 0.2) is 0 Å². The molecule has 148 valence electrons. The van der Waals surface area contributed by atoms with Crippen LogP contribution in [0.4, 0.5) is 0 Å². The number of phosphoric acid groups is 1. The van der Waals surface area contributed by atoms with Gasteiger partial charge in [-0.2, -0.15) is 12.8 Å². The van der Waals surface area contributed by atoms with Crippen LogP contribution in [-0.4, -0.2) is 41.0 Å². The number of esters is 2. The van der Waals surface area contributed by atoms with Crippen molar-refractivity contribution in [3.63, 3.8) is 0 Å². The van der Waals surface area contributed by atoms with Crippen LogP contribution in [-0.2, 0) is 28.2 Å². The highest BCUT2D eigenvalue weighted by Crippen LogP contribution is 2.35. The highest BCUT2D eigenvalue weighted by Gasteiger charge is 2.22. The van der Waals surface area contributed by atoms with Crippen LogP contribution in [0, 0.1) is 13.8 Å². The number of ether oxygens (including phenoxy) is 2. The summed E-state index contributed by atoms with van der Waals surface area (Å²) in [6, 6.07) is 0. The third-order valence-corrected chi connectivity index (χ3v) is 3.65. The second-order valence-electron chi connectivity index (χ2n) is 5.56. The van der Waals surface area contributed by atoms with Gasteiger partial charge in [0.05, 0.1) is 6.61 Å². The fourth-order valence-corrected chi connectivity index (χ4v) is 2.23. The summed E-state index contributed by atoms with van der Waals surface area (Å²) in [6.45, 7) is 6.51. The van der Waals surface area contributed by atoms with Crippen molar-refractivity contribution in [2.75, 3.05) is 13.2 Å². The van der Waals surface area contributed by atoms with Crippen LogP contribution in [0.1, 0.15) is 57.8 Å². The van der Waals surface area contributed by atoms with Gasteiger partial charge in [0.15, 0.2) is 6.10 Å². The van der Waals surface area contributed by atoms with E-state index in [4.69, 9.17) is 19.3 Å². The van der Waals surface area contributed by atoms with Gasteiger partial charge in [0.1, 0.15) is 6.61 Å². The van der Waals surface area contributed by atoms with Crippen LogP contribution in [0.3, 0.4) is 0 Å². The predicted molar refractivity (Wildman–Crippen MR) is 91.1 cm³/mol. The molecule has 8 nitrogen and oxygen atoms in total. The molecule has 0 aromatic rings. The molecule has 0 spiro atoms. The molecule has 0 saturated carbocycles. The molecule has 0 aliphatic heterocycles. The third-order valence-electron chi connectivity index (χ3n) is 3.17. The molecular formula is C16H29O8P-2. The van der Waals surface area contributed by atoms with Crippen molar-refractivity contribution in [2.24, 2.45) is 0 Å². The molecule has 0 saturated heterocycles. The maximum Gasteiger partial charge on any atom is 0.469 e. The zero-order chi connectivity index (χ0) is 19.1. The molecule has 0 bridgehead atoms. The lowest BCUT2D eigenvalue weighted by Gasteiger charge is -2.18. The van der Waals surface area contributed by atoms with Gasteiger partial charge in [-0.1, -0.05) is 19.3 Å². The summed E-state index contributed by atoms with van der Waals surface area (Å²) in [5, 5.41) is 0. The molecule has 9 heteroatoms. The second-order valence-corrected chi connectivity index (χ2v) is 6.80. The summed E-state index contributed by atoms with van der Waals surface area (Å²) in [7, 11) is -4.71. The molecule has 0 aromatic heterocycles. The minimum Gasteiger partial charge on any atom is -0.462 e. The summed E-state index contributed by atoms with van der Waals surface area (Å²) in [5.74, 6) is -1.00. The first-order valence-corrected chi connectivity index (χ1v) is 9.95. The largest absolute Gasteiger partial charge is 0.469 e. The minimum absolute atomic E-state index is 0.170. The van der Waals surface area contributed by atoms with Crippen molar-refractivity contribution >= 4 is 19.8 Å². The van der Waals surface area contributed by atoms with Crippen molar-refractivity contribution < 1.29 is 37.9 Å². The molecule has 0 aromatic carbocycles. The van der Waals surface area contributed by atoms with Gasteiger partial charge >= 0.3 is 19.8 Å². The van der Waals surface area contributed by atoms with Gasteiger partial charge in [-0.05, 0) is 12.8 Å². The Hall–Kier alpha value is -0.950. The van der Waals surface area contributed by atoms with E-state index < -0.39 is 32.5 Å². The Morgan fingerprint density at radius 2 is 1.44 bits per heavy atom. The summed E-state index contributed by atoms with van der Waals surface area (Å²) >= 11 is 0. The number of carbonyl (C=O) groups is 2. The van der Waals surface area contributed by atoms with E-state index in [2.05, 4.69) is 18.4 Å². The first-order chi connectivity index (χ1) is 11.8. The van der Waals surface area contributed by atoms with E-state index in [0.717, 1.165) is 32.1 Å². The van der Waals surface area contributed by atoms with Crippen LogP contribution < -0.4 is 0 Å². The summed E-state index contributed by atoms with van der Waals surface area (Å²) < 4.78 is 25.2. The van der Waals surface area contributed by atoms with E-state index in [0.29, 0.717) is 12.8 Å². The van der Waals surface area contributed by atoms with Crippen LogP contribution in [0.2, 0.25) is 0 Å². The van der Waals surface area contributed by atoms with Crippen LogP contribution in [0.5, 0.6) is 0 Å². The first-order valence-electron chi connectivity index (χ1n) is 8.42. The van der Waals surface area contributed by atoms with Gasteiger partial charge in [0.25, 0.3) is 0 Å². The lowest BCUT2D eigenvalue weighted by molar-refractivity contribution is -0.161. The average molecular weight is 380 g/mol. The van der Waals surface area contributed by atoms with Crippen molar-refractivity contribution in [3.05, 3.63) is 13.8 Å². The highest BCUT2D eigenvalue weighted by molar-refractivity contribution is 7.46. The standard InChI is InChI=1S/C16H29O8P/c1-3-5-7-9-11-16(18)24-14(13-23-25(19,20)21)12-22-15(17)10-8-6-4-2/h14H,1-13H2,(H2,19,20,21)/q-2/t14-/m1/s1. The monoisotopic (exact) mass is 380 g/mol. The molecule has 1 atom stereocenters. The fraction of sp³-hybridized carbons (Fsp3) is 0.750. The SMILES string of the molecule is [CH2-]CCCCCC(=O)O[C@H](COC(=O)CCCC[CH2-])COP(=O)(O)O. The molecule has 0 fully saturated rings. The number of hydrogen-bond acceptors (Lipinski definition) is 6. The molecule has 2 N–H and O–H groups in total. The maximum atomic E-state index is 11.8. The Balaban J connectivity index is 4.32. The lowest BCUT2D eigenvalue weighted by Crippen LogP contribution is -2.29. The molecule has 0 heterocycles. The zero-order valence-corrected chi connectivity index (χ0v) is 15.5. The van der Waals surface area contributed by atoms with Crippen molar-refractivity contribution in [1.29, 1.82) is 0 Å². The second kappa shape index (κ2) is 14.2. The molecule has 0 rings (SSSR count). The van der Waals surface area contributed by atoms with Gasteiger partial charge in [0, 0.05) is 12.8 Å². The fourth-order valence-electron chi connectivity index (χ4n) is 1.87. The Morgan fingerprint density at radius 1 is 0.880 bits per heavy atom.